The number of allylic oxidation sites excluding steroid dienone is 1. The van der Waals surface area contributed by atoms with Gasteiger partial charge in [0.15, 0.2) is 0 Å². The maximum Gasteiger partial charge on any atom is 0.126 e. The Morgan fingerprint density at radius 1 is 0.909 bits per heavy atom. The van der Waals surface area contributed by atoms with Crippen LogP contribution in [0.3, 0.4) is 0 Å². The van der Waals surface area contributed by atoms with E-state index < -0.39 is 6.10 Å². The molecule has 1 aromatic carbocycles. The van der Waals surface area contributed by atoms with Gasteiger partial charge in [0.25, 0.3) is 0 Å². The van der Waals surface area contributed by atoms with Gasteiger partial charge in [-0.3, -0.25) is 0 Å². The van der Waals surface area contributed by atoms with Crippen LogP contribution in [0.1, 0.15) is 90.0 Å². The quantitative estimate of drug-likeness (QED) is 0.145. The lowest BCUT2D eigenvalue weighted by molar-refractivity contribution is -0.0546. The normalized spacial score (nSPS) is 13.3. The van der Waals surface area contributed by atoms with Crippen LogP contribution in [0, 0.1) is 0 Å². The fourth-order valence-electron chi connectivity index (χ4n) is 3.77. The van der Waals surface area contributed by atoms with Crippen LogP contribution in [0.2, 0.25) is 0 Å². The Bertz CT molecular complexity index is 613. The minimum absolute atomic E-state index is 0.0493. The van der Waals surface area contributed by atoms with Crippen molar-refractivity contribution in [1.82, 2.24) is 0 Å². The lowest BCUT2D eigenvalue weighted by atomic mass is 10.0. The van der Waals surface area contributed by atoms with Gasteiger partial charge in [0.05, 0.1) is 25.9 Å². The highest BCUT2D eigenvalue weighted by Crippen LogP contribution is 2.21. The second-order valence-corrected chi connectivity index (χ2v) is 8.75. The monoisotopic (exact) mass is 460 g/mol. The van der Waals surface area contributed by atoms with E-state index >= 15 is 0 Å². The highest BCUT2D eigenvalue weighted by molar-refractivity contribution is 5.56. The molecule has 1 N–H and O–H groups in total. The molecule has 33 heavy (non-hydrogen) atoms. The molecule has 4 nitrogen and oxygen atoms in total. The zero-order valence-corrected chi connectivity index (χ0v) is 21.2. The van der Waals surface area contributed by atoms with Crippen molar-refractivity contribution in [2.24, 2.45) is 0 Å². The predicted octanol–water partition coefficient (Wildman–Crippen LogP) is 7.36. The molecular formula is C29H48O4. The van der Waals surface area contributed by atoms with Gasteiger partial charge < -0.3 is 19.3 Å². The molecule has 0 amide bonds. The number of aliphatic hydroxyl groups is 1. The van der Waals surface area contributed by atoms with Crippen molar-refractivity contribution in [1.29, 1.82) is 0 Å². The molecule has 0 heterocycles. The second kappa shape index (κ2) is 20.9. The number of para-hydroxylation sites is 1. The number of rotatable bonds is 22. The maximum absolute atomic E-state index is 10.1. The van der Waals surface area contributed by atoms with Gasteiger partial charge in [0, 0.05) is 5.56 Å². The van der Waals surface area contributed by atoms with Crippen molar-refractivity contribution in [2.75, 3.05) is 26.4 Å². The number of benzene rings is 1. The van der Waals surface area contributed by atoms with E-state index in [9.17, 15) is 5.11 Å². The molecule has 188 valence electrons. The van der Waals surface area contributed by atoms with Crippen LogP contribution in [-0.4, -0.2) is 43.7 Å². The fraction of sp³-hybridized carbons (Fsp3) is 0.655. The first kappa shape index (κ1) is 29.4. The van der Waals surface area contributed by atoms with Crippen molar-refractivity contribution in [3.8, 4) is 5.75 Å². The molecule has 2 unspecified atom stereocenters. The van der Waals surface area contributed by atoms with Crippen LogP contribution in [0.15, 0.2) is 43.0 Å². The van der Waals surface area contributed by atoms with Crippen LogP contribution in [0.25, 0.3) is 6.08 Å². The van der Waals surface area contributed by atoms with Crippen molar-refractivity contribution in [2.45, 2.75) is 96.7 Å². The average molecular weight is 461 g/mol. The fourth-order valence-corrected chi connectivity index (χ4v) is 3.77. The Hall–Kier alpha value is -1.62. The molecule has 4 heteroatoms. The zero-order chi connectivity index (χ0) is 24.0. The Kier molecular flexibility index (Phi) is 18.7. The molecule has 2 atom stereocenters. The Morgan fingerprint density at radius 2 is 1.58 bits per heavy atom. The van der Waals surface area contributed by atoms with Gasteiger partial charge in [-0.25, -0.2) is 0 Å². The minimum Gasteiger partial charge on any atom is -0.490 e. The van der Waals surface area contributed by atoms with Gasteiger partial charge in [-0.2, -0.15) is 0 Å². The Morgan fingerprint density at radius 3 is 2.24 bits per heavy atom. The molecule has 0 bridgehead atoms. The summed E-state index contributed by atoms with van der Waals surface area (Å²) in [4.78, 5) is 0. The van der Waals surface area contributed by atoms with Crippen LogP contribution < -0.4 is 4.74 Å². The summed E-state index contributed by atoms with van der Waals surface area (Å²) in [5.74, 6) is 0.863. The van der Waals surface area contributed by atoms with Gasteiger partial charge in [0.1, 0.15) is 18.5 Å². The summed E-state index contributed by atoms with van der Waals surface area (Å²) in [6.07, 6.45) is 19.1. The van der Waals surface area contributed by atoms with Crippen molar-refractivity contribution < 1.29 is 19.3 Å². The van der Waals surface area contributed by atoms with Gasteiger partial charge >= 0.3 is 0 Å². The molecule has 0 spiro atoms. The molecule has 0 saturated carbocycles. The molecule has 0 aliphatic heterocycles. The number of hydrogen-bond donors (Lipinski definition) is 1. The van der Waals surface area contributed by atoms with E-state index in [1.807, 2.05) is 43.3 Å². The lowest BCUT2D eigenvalue weighted by Gasteiger charge is -2.21. The van der Waals surface area contributed by atoms with E-state index in [0.717, 1.165) is 24.2 Å². The SMILES string of the molecule is C=CCOCC(O)COC(CCCCCCCCCCCC)COc1ccccc1/C=C/C. The largest absolute Gasteiger partial charge is 0.490 e. The smallest absolute Gasteiger partial charge is 0.126 e. The van der Waals surface area contributed by atoms with Crippen LogP contribution in [0.5, 0.6) is 5.75 Å². The zero-order valence-electron chi connectivity index (χ0n) is 21.2. The van der Waals surface area contributed by atoms with Crippen LogP contribution >= 0.6 is 0 Å². The second-order valence-electron chi connectivity index (χ2n) is 8.75. The van der Waals surface area contributed by atoms with Gasteiger partial charge in [-0.05, 0) is 19.4 Å². The summed E-state index contributed by atoms with van der Waals surface area (Å²) in [5, 5.41) is 10.1. The van der Waals surface area contributed by atoms with Crippen LogP contribution in [-0.2, 0) is 9.47 Å². The van der Waals surface area contributed by atoms with Crippen molar-refractivity contribution >= 4 is 6.08 Å². The van der Waals surface area contributed by atoms with E-state index in [1.165, 1.54) is 57.8 Å². The molecule has 0 radical (unpaired) electrons. The summed E-state index contributed by atoms with van der Waals surface area (Å²) in [6, 6.07) is 8.04. The highest BCUT2D eigenvalue weighted by Gasteiger charge is 2.14. The maximum atomic E-state index is 10.1. The molecule has 0 aliphatic rings. The number of hydrogen-bond acceptors (Lipinski definition) is 4. The summed E-state index contributed by atoms with van der Waals surface area (Å²) in [6.45, 7) is 9.31. The number of unbranched alkanes of at least 4 members (excludes halogenated alkanes) is 9. The van der Waals surface area contributed by atoms with Crippen molar-refractivity contribution in [3.05, 3.63) is 48.6 Å². The van der Waals surface area contributed by atoms with Gasteiger partial charge in [-0.15, -0.1) is 6.58 Å². The summed E-state index contributed by atoms with van der Waals surface area (Å²) < 4.78 is 17.5. The van der Waals surface area contributed by atoms with Gasteiger partial charge in [0.2, 0.25) is 0 Å². The average Bonchev–Trinajstić information content (AvgIpc) is 2.82. The van der Waals surface area contributed by atoms with E-state index in [4.69, 9.17) is 14.2 Å². The first-order valence-corrected chi connectivity index (χ1v) is 13.0. The Balaban J connectivity index is 2.40. The number of ether oxygens (including phenoxy) is 3. The predicted molar refractivity (Wildman–Crippen MR) is 140 cm³/mol. The number of aliphatic hydroxyl groups excluding tert-OH is 1. The van der Waals surface area contributed by atoms with E-state index in [0.29, 0.717) is 13.2 Å². The van der Waals surface area contributed by atoms with E-state index in [2.05, 4.69) is 13.5 Å². The van der Waals surface area contributed by atoms with Gasteiger partial charge in [-0.1, -0.05) is 108 Å². The van der Waals surface area contributed by atoms with Crippen LogP contribution in [0.4, 0.5) is 0 Å². The first-order chi connectivity index (χ1) is 16.2. The third kappa shape index (κ3) is 15.8. The molecule has 0 aliphatic carbocycles. The third-order valence-electron chi connectivity index (χ3n) is 5.64. The topological polar surface area (TPSA) is 47.9 Å². The molecule has 1 aromatic rings. The molecule has 0 saturated heterocycles. The van der Waals surface area contributed by atoms with Crippen molar-refractivity contribution in [3.63, 3.8) is 0 Å². The highest BCUT2D eigenvalue weighted by atomic mass is 16.5. The first-order valence-electron chi connectivity index (χ1n) is 13.0. The minimum atomic E-state index is -0.643. The summed E-state index contributed by atoms with van der Waals surface area (Å²) >= 11 is 0. The lowest BCUT2D eigenvalue weighted by Crippen LogP contribution is -2.29. The molecule has 1 rings (SSSR count). The third-order valence-corrected chi connectivity index (χ3v) is 5.64. The summed E-state index contributed by atoms with van der Waals surface area (Å²) in [7, 11) is 0. The standard InChI is InChI=1S/C29H48O4/c1-4-7-8-9-10-11-12-13-14-15-20-28(32-24-27(30)23-31-22-6-3)25-33-29-21-17-16-19-26(29)18-5-2/h5-6,16-19,21,27-28,30H,3-4,7-15,20,22-25H2,1-2H3/b18-5+. The molecular weight excluding hydrogens is 412 g/mol. The van der Waals surface area contributed by atoms with E-state index in [1.54, 1.807) is 6.08 Å². The molecule has 0 fully saturated rings. The molecule has 0 aromatic heterocycles. The summed E-state index contributed by atoms with van der Waals surface area (Å²) in [5.41, 5.74) is 1.07. The Labute approximate surface area is 203 Å². The van der Waals surface area contributed by atoms with E-state index in [-0.39, 0.29) is 19.3 Å².